The largest absolute Gasteiger partial charge is 0.468 e. The summed E-state index contributed by atoms with van der Waals surface area (Å²) < 4.78 is 30.1. The number of ether oxygens (including phenoxy) is 1. The number of rotatable bonds is 5. The summed E-state index contributed by atoms with van der Waals surface area (Å²) in [5, 5.41) is -1.21. The Morgan fingerprint density at radius 3 is 2.47 bits per heavy atom. The molecular formula is C11H15NO4S. The van der Waals surface area contributed by atoms with Crippen molar-refractivity contribution in [3.63, 3.8) is 0 Å². The molecule has 1 rings (SSSR count). The van der Waals surface area contributed by atoms with E-state index in [1.165, 1.54) is 6.92 Å². The molecule has 1 N–H and O–H groups in total. The number of nitrogens with one attached hydrogen (secondary N) is 1. The molecule has 0 fully saturated rings. The highest BCUT2D eigenvalue weighted by molar-refractivity contribution is 7.90. The van der Waals surface area contributed by atoms with Crippen molar-refractivity contribution in [1.29, 1.82) is 0 Å². The van der Waals surface area contributed by atoms with Crippen molar-refractivity contribution in [2.75, 3.05) is 7.11 Å². The van der Waals surface area contributed by atoms with Gasteiger partial charge >= 0.3 is 5.97 Å². The standard InChI is InChI=1S/C11H15NO4S/c1-9(11(13)16-2)17(14,15)12-8-10-6-4-3-5-7-10/h3-7,9,12H,8H2,1-2H3. The van der Waals surface area contributed by atoms with E-state index in [2.05, 4.69) is 9.46 Å². The number of sulfonamides is 1. The summed E-state index contributed by atoms with van der Waals surface area (Å²) in [6.07, 6.45) is 0. The fourth-order valence-corrected chi connectivity index (χ4v) is 2.16. The van der Waals surface area contributed by atoms with Crippen molar-refractivity contribution < 1.29 is 17.9 Å². The second kappa shape index (κ2) is 5.79. The van der Waals surface area contributed by atoms with Gasteiger partial charge in [0.2, 0.25) is 10.0 Å². The molecular weight excluding hydrogens is 242 g/mol. The van der Waals surface area contributed by atoms with Gasteiger partial charge in [-0.15, -0.1) is 0 Å². The Morgan fingerprint density at radius 1 is 1.35 bits per heavy atom. The molecule has 0 aliphatic rings. The van der Waals surface area contributed by atoms with Crippen LogP contribution in [0.1, 0.15) is 12.5 Å². The minimum absolute atomic E-state index is 0.157. The van der Waals surface area contributed by atoms with Gasteiger partial charge in [0, 0.05) is 6.54 Å². The molecule has 1 atom stereocenters. The zero-order valence-corrected chi connectivity index (χ0v) is 10.5. The SMILES string of the molecule is COC(=O)C(C)S(=O)(=O)NCc1ccccc1. The average molecular weight is 257 g/mol. The van der Waals surface area contributed by atoms with Gasteiger partial charge in [-0.25, -0.2) is 13.1 Å². The minimum atomic E-state index is -3.69. The van der Waals surface area contributed by atoms with Crippen molar-refractivity contribution in [3.05, 3.63) is 35.9 Å². The number of hydrogen-bond acceptors (Lipinski definition) is 4. The lowest BCUT2D eigenvalue weighted by Crippen LogP contribution is -2.37. The number of esters is 1. The lowest BCUT2D eigenvalue weighted by molar-refractivity contribution is -0.139. The van der Waals surface area contributed by atoms with Crippen LogP contribution >= 0.6 is 0 Å². The molecule has 94 valence electrons. The van der Waals surface area contributed by atoms with Crippen LogP contribution in [0.5, 0.6) is 0 Å². The molecule has 0 saturated heterocycles. The summed E-state index contributed by atoms with van der Waals surface area (Å²) in [5.74, 6) is -0.773. The summed E-state index contributed by atoms with van der Waals surface area (Å²) in [5.41, 5.74) is 0.827. The number of hydrogen-bond donors (Lipinski definition) is 1. The van der Waals surface area contributed by atoms with E-state index in [0.29, 0.717) is 0 Å². The first kappa shape index (κ1) is 13.7. The molecule has 5 nitrogen and oxygen atoms in total. The highest BCUT2D eigenvalue weighted by atomic mass is 32.2. The van der Waals surface area contributed by atoms with Gasteiger partial charge in [-0.3, -0.25) is 4.79 Å². The highest BCUT2D eigenvalue weighted by Crippen LogP contribution is 2.03. The fourth-order valence-electron chi connectivity index (χ4n) is 1.20. The second-order valence-electron chi connectivity index (χ2n) is 3.52. The Labute approximate surface area is 101 Å². The van der Waals surface area contributed by atoms with Gasteiger partial charge in [0.25, 0.3) is 0 Å². The van der Waals surface area contributed by atoms with Crippen LogP contribution < -0.4 is 4.72 Å². The Kier molecular flexibility index (Phi) is 4.65. The number of carbonyl (C=O) groups excluding carboxylic acids is 1. The molecule has 6 heteroatoms. The maximum atomic E-state index is 11.7. The van der Waals surface area contributed by atoms with Crippen molar-refractivity contribution in [1.82, 2.24) is 4.72 Å². The second-order valence-corrected chi connectivity index (χ2v) is 5.60. The van der Waals surface area contributed by atoms with Crippen LogP contribution in [-0.4, -0.2) is 26.7 Å². The van der Waals surface area contributed by atoms with Crippen LogP contribution in [0.3, 0.4) is 0 Å². The molecule has 0 amide bonds. The van der Waals surface area contributed by atoms with Gasteiger partial charge < -0.3 is 4.74 Å². The zero-order valence-electron chi connectivity index (χ0n) is 9.71. The van der Waals surface area contributed by atoms with E-state index >= 15 is 0 Å². The average Bonchev–Trinajstić information content (AvgIpc) is 2.36. The third-order valence-corrected chi connectivity index (χ3v) is 3.99. The van der Waals surface area contributed by atoms with Gasteiger partial charge in [0.05, 0.1) is 7.11 Å². The molecule has 0 radical (unpaired) electrons. The summed E-state index contributed by atoms with van der Waals surface area (Å²) in [7, 11) is -2.54. The van der Waals surface area contributed by atoms with Crippen LogP contribution in [-0.2, 0) is 26.1 Å². The first-order valence-electron chi connectivity index (χ1n) is 5.07. The quantitative estimate of drug-likeness (QED) is 0.787. The van der Waals surface area contributed by atoms with E-state index in [1.807, 2.05) is 18.2 Å². The molecule has 0 aliphatic carbocycles. The van der Waals surface area contributed by atoms with Crippen molar-refractivity contribution in [3.8, 4) is 0 Å². The monoisotopic (exact) mass is 257 g/mol. The zero-order chi connectivity index (χ0) is 12.9. The molecule has 0 saturated carbocycles. The van der Waals surface area contributed by atoms with Crippen molar-refractivity contribution >= 4 is 16.0 Å². The molecule has 1 aromatic rings. The third-order valence-electron chi connectivity index (χ3n) is 2.32. The Hall–Kier alpha value is -1.40. The minimum Gasteiger partial charge on any atom is -0.468 e. The Balaban J connectivity index is 2.65. The number of methoxy groups -OCH3 is 1. The molecule has 1 aromatic carbocycles. The molecule has 0 heterocycles. The van der Waals surface area contributed by atoms with Crippen LogP contribution in [0, 0.1) is 0 Å². The maximum Gasteiger partial charge on any atom is 0.325 e. The maximum absolute atomic E-state index is 11.7. The molecule has 0 bridgehead atoms. The van der Waals surface area contributed by atoms with Gasteiger partial charge in [-0.1, -0.05) is 30.3 Å². The topological polar surface area (TPSA) is 72.5 Å². The summed E-state index contributed by atoms with van der Waals surface area (Å²) in [4.78, 5) is 11.1. The summed E-state index contributed by atoms with van der Waals surface area (Å²) in [6, 6.07) is 9.06. The lowest BCUT2D eigenvalue weighted by Gasteiger charge is -2.11. The number of benzene rings is 1. The predicted molar refractivity (Wildman–Crippen MR) is 63.7 cm³/mol. The predicted octanol–water partition coefficient (Wildman–Crippen LogP) is 0.667. The van der Waals surface area contributed by atoms with Crippen LogP contribution in [0.25, 0.3) is 0 Å². The molecule has 0 aliphatic heterocycles. The van der Waals surface area contributed by atoms with E-state index in [9.17, 15) is 13.2 Å². The first-order chi connectivity index (χ1) is 7.97. The van der Waals surface area contributed by atoms with E-state index < -0.39 is 21.2 Å². The first-order valence-corrected chi connectivity index (χ1v) is 6.62. The lowest BCUT2D eigenvalue weighted by atomic mass is 10.2. The normalized spacial score (nSPS) is 13.1. The highest BCUT2D eigenvalue weighted by Gasteiger charge is 2.28. The smallest absolute Gasteiger partial charge is 0.325 e. The van der Waals surface area contributed by atoms with Gasteiger partial charge in [0.1, 0.15) is 0 Å². The molecule has 17 heavy (non-hydrogen) atoms. The van der Waals surface area contributed by atoms with Crippen molar-refractivity contribution in [2.24, 2.45) is 0 Å². The van der Waals surface area contributed by atoms with Crippen LogP contribution in [0.4, 0.5) is 0 Å². The van der Waals surface area contributed by atoms with Crippen LogP contribution in [0.15, 0.2) is 30.3 Å². The van der Waals surface area contributed by atoms with Crippen LogP contribution in [0.2, 0.25) is 0 Å². The summed E-state index contributed by atoms with van der Waals surface area (Å²) in [6.45, 7) is 1.45. The summed E-state index contributed by atoms with van der Waals surface area (Å²) >= 11 is 0. The Bertz CT molecular complexity index is 470. The number of carbonyl (C=O) groups is 1. The molecule has 1 unspecified atom stereocenters. The van der Waals surface area contributed by atoms with E-state index in [1.54, 1.807) is 12.1 Å². The van der Waals surface area contributed by atoms with E-state index in [0.717, 1.165) is 12.7 Å². The van der Waals surface area contributed by atoms with Gasteiger partial charge in [-0.05, 0) is 12.5 Å². The van der Waals surface area contributed by atoms with Crippen molar-refractivity contribution in [2.45, 2.75) is 18.7 Å². The Morgan fingerprint density at radius 2 is 1.94 bits per heavy atom. The van der Waals surface area contributed by atoms with Gasteiger partial charge in [0.15, 0.2) is 5.25 Å². The molecule has 0 spiro atoms. The van der Waals surface area contributed by atoms with E-state index in [-0.39, 0.29) is 6.54 Å². The molecule has 0 aromatic heterocycles. The van der Waals surface area contributed by atoms with E-state index in [4.69, 9.17) is 0 Å². The fraction of sp³-hybridized carbons (Fsp3) is 0.364. The third kappa shape index (κ3) is 3.83. The van der Waals surface area contributed by atoms with Gasteiger partial charge in [-0.2, -0.15) is 0 Å².